The van der Waals surface area contributed by atoms with Crippen LogP contribution in [-0.2, 0) is 17.9 Å². The molecule has 0 spiro atoms. The maximum atomic E-state index is 11.4. The van der Waals surface area contributed by atoms with Crippen LogP contribution in [0.25, 0.3) is 0 Å². The summed E-state index contributed by atoms with van der Waals surface area (Å²) in [4.78, 5) is 13.9. The van der Waals surface area contributed by atoms with Gasteiger partial charge in [-0.25, -0.2) is 0 Å². The zero-order valence-corrected chi connectivity index (χ0v) is 17.6. The standard InChI is InChI=1S/C24H34N4O/c1-18-14-26-28(15-18)17-20-10-12-27(13-11-20)16-19-2-4-21(5-3-19)22-6-8-23(9-7-22)24(25)29/h2-5,14-15,20,22-23H,6-13,16-17H2,1H3,(H2,25,29). The van der Waals surface area contributed by atoms with Crippen molar-refractivity contribution in [2.45, 2.75) is 64.5 Å². The molecule has 0 atom stereocenters. The third-order valence-electron chi connectivity index (χ3n) is 6.90. The Bertz CT molecular complexity index is 797. The molecule has 2 aromatic rings. The number of carbonyl (C=O) groups is 1. The minimum atomic E-state index is -0.123. The predicted molar refractivity (Wildman–Crippen MR) is 115 cm³/mol. The normalized spacial score (nSPS) is 23.9. The molecule has 2 heterocycles. The summed E-state index contributed by atoms with van der Waals surface area (Å²) in [5.41, 5.74) is 9.53. The summed E-state index contributed by atoms with van der Waals surface area (Å²) in [5, 5.41) is 4.44. The molecule has 1 amide bonds. The summed E-state index contributed by atoms with van der Waals surface area (Å²) in [7, 11) is 0. The Morgan fingerprint density at radius 1 is 1.07 bits per heavy atom. The number of hydrogen-bond acceptors (Lipinski definition) is 3. The third kappa shape index (κ3) is 5.27. The first-order chi connectivity index (χ1) is 14.1. The first-order valence-electron chi connectivity index (χ1n) is 11.2. The zero-order valence-electron chi connectivity index (χ0n) is 17.6. The molecule has 4 rings (SSSR count). The molecule has 2 N–H and O–H groups in total. The molecule has 0 radical (unpaired) electrons. The highest BCUT2D eigenvalue weighted by molar-refractivity contribution is 5.76. The summed E-state index contributed by atoms with van der Waals surface area (Å²) in [6.07, 6.45) is 10.6. The van der Waals surface area contributed by atoms with E-state index in [-0.39, 0.29) is 11.8 Å². The molecular weight excluding hydrogens is 360 g/mol. The van der Waals surface area contributed by atoms with Crippen LogP contribution < -0.4 is 5.73 Å². The van der Waals surface area contributed by atoms with Gasteiger partial charge in [0.05, 0.1) is 6.20 Å². The quantitative estimate of drug-likeness (QED) is 0.809. The molecule has 1 aromatic carbocycles. The van der Waals surface area contributed by atoms with Gasteiger partial charge in [0.15, 0.2) is 0 Å². The largest absolute Gasteiger partial charge is 0.369 e. The van der Waals surface area contributed by atoms with Gasteiger partial charge in [-0.1, -0.05) is 24.3 Å². The topological polar surface area (TPSA) is 64.2 Å². The monoisotopic (exact) mass is 394 g/mol. The van der Waals surface area contributed by atoms with E-state index in [0.29, 0.717) is 5.92 Å². The molecule has 1 aliphatic heterocycles. The maximum absolute atomic E-state index is 11.4. The van der Waals surface area contributed by atoms with Crippen LogP contribution in [0.15, 0.2) is 36.7 Å². The molecule has 0 bridgehead atoms. The van der Waals surface area contributed by atoms with E-state index in [9.17, 15) is 4.79 Å². The molecule has 1 aromatic heterocycles. The summed E-state index contributed by atoms with van der Waals surface area (Å²) < 4.78 is 2.10. The van der Waals surface area contributed by atoms with Crippen LogP contribution in [0.4, 0.5) is 0 Å². The number of rotatable bonds is 6. The highest BCUT2D eigenvalue weighted by Crippen LogP contribution is 2.35. The van der Waals surface area contributed by atoms with Crippen LogP contribution in [0.3, 0.4) is 0 Å². The predicted octanol–water partition coefficient (Wildman–Crippen LogP) is 3.86. The van der Waals surface area contributed by atoms with Gasteiger partial charge < -0.3 is 5.73 Å². The number of carbonyl (C=O) groups excluding carboxylic acids is 1. The van der Waals surface area contributed by atoms with E-state index < -0.39 is 0 Å². The van der Waals surface area contributed by atoms with Gasteiger partial charge in [-0.15, -0.1) is 0 Å². The van der Waals surface area contributed by atoms with Gasteiger partial charge >= 0.3 is 0 Å². The highest BCUT2D eigenvalue weighted by atomic mass is 16.1. The third-order valence-corrected chi connectivity index (χ3v) is 6.90. The second-order valence-electron chi connectivity index (χ2n) is 9.15. The molecule has 5 nitrogen and oxygen atoms in total. The molecule has 2 aliphatic rings. The lowest BCUT2D eigenvalue weighted by Crippen LogP contribution is -2.34. The molecule has 0 unspecified atom stereocenters. The molecule has 1 saturated heterocycles. The van der Waals surface area contributed by atoms with E-state index in [1.165, 1.54) is 42.6 Å². The number of piperidine rings is 1. The van der Waals surface area contributed by atoms with Crippen molar-refractivity contribution in [1.82, 2.24) is 14.7 Å². The second kappa shape index (κ2) is 9.12. The number of primary amides is 1. The van der Waals surface area contributed by atoms with E-state index in [2.05, 4.69) is 52.1 Å². The fraction of sp³-hybridized carbons (Fsp3) is 0.583. The van der Waals surface area contributed by atoms with Crippen molar-refractivity contribution in [3.63, 3.8) is 0 Å². The first kappa shape index (κ1) is 20.1. The summed E-state index contributed by atoms with van der Waals surface area (Å²) >= 11 is 0. The van der Waals surface area contributed by atoms with Crippen molar-refractivity contribution in [3.8, 4) is 0 Å². The molecule has 1 aliphatic carbocycles. The van der Waals surface area contributed by atoms with E-state index in [0.717, 1.165) is 44.7 Å². The molecule has 2 fully saturated rings. The van der Waals surface area contributed by atoms with E-state index in [4.69, 9.17) is 5.73 Å². The Morgan fingerprint density at radius 3 is 2.34 bits per heavy atom. The minimum Gasteiger partial charge on any atom is -0.369 e. The average molecular weight is 395 g/mol. The average Bonchev–Trinajstić information content (AvgIpc) is 3.15. The summed E-state index contributed by atoms with van der Waals surface area (Å²) in [6.45, 7) is 6.54. The van der Waals surface area contributed by atoms with Gasteiger partial charge in [-0.2, -0.15) is 5.10 Å². The number of benzene rings is 1. The number of amides is 1. The van der Waals surface area contributed by atoms with Crippen LogP contribution in [-0.4, -0.2) is 33.7 Å². The lowest BCUT2D eigenvalue weighted by Gasteiger charge is -2.32. The fourth-order valence-electron chi connectivity index (χ4n) is 5.02. The summed E-state index contributed by atoms with van der Waals surface area (Å²) in [5.74, 6) is 1.29. The fourth-order valence-corrected chi connectivity index (χ4v) is 5.02. The Hall–Kier alpha value is -2.14. The van der Waals surface area contributed by atoms with E-state index >= 15 is 0 Å². The SMILES string of the molecule is Cc1cnn(CC2CCN(Cc3ccc(C4CCC(C(N)=O)CC4)cc3)CC2)c1. The van der Waals surface area contributed by atoms with Crippen molar-refractivity contribution < 1.29 is 4.79 Å². The molecule has 5 heteroatoms. The van der Waals surface area contributed by atoms with Crippen LogP contribution in [0.5, 0.6) is 0 Å². The van der Waals surface area contributed by atoms with Crippen LogP contribution in [0.1, 0.15) is 61.1 Å². The number of nitrogens with two attached hydrogens (primary N) is 1. The number of aryl methyl sites for hydroxylation is 1. The van der Waals surface area contributed by atoms with Gasteiger partial charge in [-0.05, 0) is 87.1 Å². The highest BCUT2D eigenvalue weighted by Gasteiger charge is 2.25. The van der Waals surface area contributed by atoms with Gasteiger partial charge in [0.25, 0.3) is 0 Å². The van der Waals surface area contributed by atoms with Crippen molar-refractivity contribution in [2.75, 3.05) is 13.1 Å². The van der Waals surface area contributed by atoms with Crippen molar-refractivity contribution in [2.24, 2.45) is 17.6 Å². The van der Waals surface area contributed by atoms with Gasteiger partial charge in [-0.3, -0.25) is 14.4 Å². The number of likely N-dealkylation sites (tertiary alicyclic amines) is 1. The second-order valence-corrected chi connectivity index (χ2v) is 9.15. The van der Waals surface area contributed by atoms with Gasteiger partial charge in [0.2, 0.25) is 5.91 Å². The van der Waals surface area contributed by atoms with E-state index in [1.54, 1.807) is 0 Å². The molecule has 29 heavy (non-hydrogen) atoms. The van der Waals surface area contributed by atoms with Crippen molar-refractivity contribution >= 4 is 5.91 Å². The van der Waals surface area contributed by atoms with Crippen LogP contribution >= 0.6 is 0 Å². The minimum absolute atomic E-state index is 0.0887. The number of nitrogens with zero attached hydrogens (tertiary/aromatic N) is 3. The Morgan fingerprint density at radius 2 is 1.76 bits per heavy atom. The van der Waals surface area contributed by atoms with Gasteiger partial charge in [0, 0.05) is 25.2 Å². The summed E-state index contributed by atoms with van der Waals surface area (Å²) in [6, 6.07) is 9.21. The van der Waals surface area contributed by atoms with Gasteiger partial charge in [0.1, 0.15) is 0 Å². The Kier molecular flexibility index (Phi) is 6.34. The zero-order chi connectivity index (χ0) is 20.2. The molecular formula is C24H34N4O. The molecule has 1 saturated carbocycles. The van der Waals surface area contributed by atoms with Crippen LogP contribution in [0, 0.1) is 18.8 Å². The lowest BCUT2D eigenvalue weighted by atomic mass is 9.78. The number of aromatic nitrogens is 2. The van der Waals surface area contributed by atoms with Crippen LogP contribution in [0.2, 0.25) is 0 Å². The maximum Gasteiger partial charge on any atom is 0.220 e. The smallest absolute Gasteiger partial charge is 0.220 e. The van der Waals surface area contributed by atoms with E-state index in [1.807, 2.05) is 6.20 Å². The number of hydrogen-bond donors (Lipinski definition) is 1. The Labute approximate surface area is 174 Å². The molecule has 156 valence electrons. The van der Waals surface area contributed by atoms with Crippen molar-refractivity contribution in [1.29, 1.82) is 0 Å². The Balaban J connectivity index is 1.23. The first-order valence-corrected chi connectivity index (χ1v) is 11.2. The lowest BCUT2D eigenvalue weighted by molar-refractivity contribution is -0.122. The van der Waals surface area contributed by atoms with Crippen molar-refractivity contribution in [3.05, 3.63) is 53.3 Å².